The van der Waals surface area contributed by atoms with Gasteiger partial charge in [0.2, 0.25) is 5.91 Å². The lowest BCUT2D eigenvalue weighted by atomic mass is 10.1. The van der Waals surface area contributed by atoms with Gasteiger partial charge in [-0.2, -0.15) is 5.10 Å². The van der Waals surface area contributed by atoms with Crippen molar-refractivity contribution in [2.45, 2.75) is 26.9 Å². The zero-order chi connectivity index (χ0) is 17.7. The van der Waals surface area contributed by atoms with Crippen LogP contribution in [0.4, 0.5) is 0 Å². The molecule has 0 fully saturated rings. The van der Waals surface area contributed by atoms with Crippen molar-refractivity contribution in [2.75, 3.05) is 7.05 Å². The average molecular weight is 456 g/mol. The van der Waals surface area contributed by atoms with Crippen molar-refractivity contribution in [3.05, 3.63) is 52.3 Å². The number of aliphatic imine (C=N–C) groups is 1. The van der Waals surface area contributed by atoms with Gasteiger partial charge in [-0.1, -0.05) is 12.1 Å². The van der Waals surface area contributed by atoms with Gasteiger partial charge < -0.3 is 16.4 Å². The first-order chi connectivity index (χ1) is 11.4. The summed E-state index contributed by atoms with van der Waals surface area (Å²) in [6, 6.07) is 7.18. The highest BCUT2D eigenvalue weighted by molar-refractivity contribution is 14.0. The smallest absolute Gasteiger partial charge is 0.248 e. The molecular weight excluding hydrogens is 431 g/mol. The van der Waals surface area contributed by atoms with E-state index in [9.17, 15) is 4.79 Å². The van der Waals surface area contributed by atoms with Gasteiger partial charge in [0.15, 0.2) is 5.96 Å². The molecule has 1 aromatic heterocycles. The molecule has 0 bridgehead atoms. The first-order valence-corrected chi connectivity index (χ1v) is 7.74. The van der Waals surface area contributed by atoms with Crippen LogP contribution in [0.3, 0.4) is 0 Å². The van der Waals surface area contributed by atoms with Gasteiger partial charge in [0.1, 0.15) is 0 Å². The van der Waals surface area contributed by atoms with Crippen LogP contribution in [0.2, 0.25) is 0 Å². The molecule has 1 amide bonds. The molecular formula is C17H25IN6O. The molecule has 0 aliphatic rings. The quantitative estimate of drug-likeness (QED) is 0.362. The zero-order valence-electron chi connectivity index (χ0n) is 15.0. The van der Waals surface area contributed by atoms with Crippen molar-refractivity contribution in [3.8, 4) is 0 Å². The number of nitrogens with two attached hydrogens (primary N) is 1. The van der Waals surface area contributed by atoms with Gasteiger partial charge in [-0.05, 0) is 31.5 Å². The maximum Gasteiger partial charge on any atom is 0.248 e. The number of primary amides is 1. The zero-order valence-corrected chi connectivity index (χ0v) is 17.3. The summed E-state index contributed by atoms with van der Waals surface area (Å²) in [5.74, 6) is 0.283. The second-order valence-electron chi connectivity index (χ2n) is 5.61. The van der Waals surface area contributed by atoms with Crippen LogP contribution >= 0.6 is 24.0 Å². The van der Waals surface area contributed by atoms with Crippen molar-refractivity contribution < 1.29 is 4.79 Å². The molecule has 0 aliphatic carbocycles. The van der Waals surface area contributed by atoms with Crippen molar-refractivity contribution in [1.29, 1.82) is 0 Å². The molecule has 0 spiro atoms. The largest absolute Gasteiger partial charge is 0.366 e. The molecule has 2 rings (SSSR count). The first kappa shape index (κ1) is 20.9. The number of nitrogens with one attached hydrogen (secondary N) is 2. The Morgan fingerprint density at radius 2 is 1.80 bits per heavy atom. The van der Waals surface area contributed by atoms with E-state index in [4.69, 9.17) is 5.73 Å². The fourth-order valence-electron chi connectivity index (χ4n) is 2.44. The number of amides is 1. The van der Waals surface area contributed by atoms with Gasteiger partial charge in [0.05, 0.1) is 5.69 Å². The Balaban J connectivity index is 0.00000312. The number of rotatable bonds is 5. The van der Waals surface area contributed by atoms with E-state index < -0.39 is 5.91 Å². The van der Waals surface area contributed by atoms with Gasteiger partial charge >= 0.3 is 0 Å². The lowest BCUT2D eigenvalue weighted by Crippen LogP contribution is -2.36. The molecule has 4 N–H and O–H groups in total. The number of halogens is 1. The Labute approximate surface area is 165 Å². The number of aromatic nitrogens is 2. The molecule has 0 saturated carbocycles. The molecule has 1 heterocycles. The third-order valence-electron chi connectivity index (χ3n) is 4.01. The molecule has 0 radical (unpaired) electrons. The molecule has 8 heteroatoms. The van der Waals surface area contributed by atoms with Crippen LogP contribution in [0, 0.1) is 13.8 Å². The second kappa shape index (κ2) is 9.40. The first-order valence-electron chi connectivity index (χ1n) is 7.74. The minimum atomic E-state index is -0.422. The second-order valence-corrected chi connectivity index (χ2v) is 5.61. The highest BCUT2D eigenvalue weighted by Gasteiger charge is 2.09. The van der Waals surface area contributed by atoms with E-state index >= 15 is 0 Å². The Morgan fingerprint density at radius 3 is 2.28 bits per heavy atom. The van der Waals surface area contributed by atoms with Gasteiger partial charge in [0, 0.05) is 44.0 Å². The average Bonchev–Trinajstić information content (AvgIpc) is 2.81. The van der Waals surface area contributed by atoms with Crippen LogP contribution in [0.1, 0.15) is 32.9 Å². The van der Waals surface area contributed by atoms with Crippen LogP contribution in [-0.4, -0.2) is 28.7 Å². The van der Waals surface area contributed by atoms with E-state index in [1.165, 1.54) is 5.56 Å². The van der Waals surface area contributed by atoms with E-state index in [-0.39, 0.29) is 24.0 Å². The van der Waals surface area contributed by atoms with Crippen LogP contribution in [0.15, 0.2) is 29.3 Å². The summed E-state index contributed by atoms with van der Waals surface area (Å²) in [7, 11) is 3.67. The summed E-state index contributed by atoms with van der Waals surface area (Å²) in [5.41, 5.74) is 10.1. The van der Waals surface area contributed by atoms with E-state index in [0.717, 1.165) is 17.0 Å². The fraction of sp³-hybridized carbons (Fsp3) is 0.353. The lowest BCUT2D eigenvalue weighted by Gasteiger charge is -2.12. The van der Waals surface area contributed by atoms with Crippen LogP contribution in [-0.2, 0) is 20.1 Å². The van der Waals surface area contributed by atoms with Crippen LogP contribution < -0.4 is 16.4 Å². The van der Waals surface area contributed by atoms with Gasteiger partial charge in [-0.15, -0.1) is 24.0 Å². The Morgan fingerprint density at radius 1 is 1.20 bits per heavy atom. The van der Waals surface area contributed by atoms with Gasteiger partial charge in [-0.3, -0.25) is 14.5 Å². The minimum Gasteiger partial charge on any atom is -0.366 e. The van der Waals surface area contributed by atoms with E-state index in [1.807, 2.05) is 37.7 Å². The maximum absolute atomic E-state index is 11.1. The molecule has 1 aromatic carbocycles. The number of aryl methyl sites for hydroxylation is 2. The lowest BCUT2D eigenvalue weighted by molar-refractivity contribution is 0.100. The van der Waals surface area contributed by atoms with Crippen molar-refractivity contribution in [1.82, 2.24) is 20.4 Å². The van der Waals surface area contributed by atoms with E-state index in [2.05, 4.69) is 20.7 Å². The normalized spacial score (nSPS) is 11.0. The molecule has 7 nitrogen and oxygen atoms in total. The number of hydrogen-bond acceptors (Lipinski definition) is 3. The maximum atomic E-state index is 11.1. The molecule has 0 aliphatic heterocycles. The molecule has 25 heavy (non-hydrogen) atoms. The number of carbonyl (C=O) groups is 1. The van der Waals surface area contributed by atoms with E-state index in [0.29, 0.717) is 24.6 Å². The molecule has 0 saturated heterocycles. The SMILES string of the molecule is CN=C(NCc1ccc(C(N)=O)cc1)NCc1c(C)nn(C)c1C.I. The Bertz CT molecular complexity index is 751. The summed E-state index contributed by atoms with van der Waals surface area (Å²) in [4.78, 5) is 15.3. The number of carbonyl (C=O) groups excluding carboxylic acids is 1. The summed E-state index contributed by atoms with van der Waals surface area (Å²) in [6.07, 6.45) is 0. The predicted molar refractivity (Wildman–Crippen MR) is 110 cm³/mol. The van der Waals surface area contributed by atoms with Crippen molar-refractivity contribution in [3.63, 3.8) is 0 Å². The summed E-state index contributed by atoms with van der Waals surface area (Å²) >= 11 is 0. The fourth-order valence-corrected chi connectivity index (χ4v) is 2.44. The summed E-state index contributed by atoms with van der Waals surface area (Å²) < 4.78 is 1.88. The molecule has 0 atom stereocenters. The highest BCUT2D eigenvalue weighted by Crippen LogP contribution is 2.11. The predicted octanol–water partition coefficient (Wildman–Crippen LogP) is 1.62. The van der Waals surface area contributed by atoms with E-state index in [1.54, 1.807) is 19.2 Å². The standard InChI is InChI=1S/C17H24N6O.HI/c1-11-15(12(2)23(4)22-11)10-21-17(19-3)20-9-13-5-7-14(8-6-13)16(18)24;/h5-8H,9-10H2,1-4H3,(H2,18,24)(H2,19,20,21);1H. The number of benzene rings is 1. The third kappa shape index (κ3) is 5.45. The van der Waals surface area contributed by atoms with Gasteiger partial charge in [-0.25, -0.2) is 0 Å². The Hall–Kier alpha value is -2.10. The van der Waals surface area contributed by atoms with Crippen molar-refractivity contribution in [2.24, 2.45) is 17.8 Å². The highest BCUT2D eigenvalue weighted by atomic mass is 127. The Kier molecular flexibility index (Phi) is 7.88. The summed E-state index contributed by atoms with van der Waals surface area (Å²) in [6.45, 7) is 5.31. The number of hydrogen-bond donors (Lipinski definition) is 3. The molecule has 0 unspecified atom stereocenters. The minimum absolute atomic E-state index is 0. The molecule has 2 aromatic rings. The van der Waals surface area contributed by atoms with Crippen LogP contribution in [0.25, 0.3) is 0 Å². The number of guanidine groups is 1. The topological polar surface area (TPSA) is 97.3 Å². The number of nitrogens with zero attached hydrogens (tertiary/aromatic N) is 3. The monoisotopic (exact) mass is 456 g/mol. The van der Waals surface area contributed by atoms with Crippen molar-refractivity contribution >= 4 is 35.8 Å². The third-order valence-corrected chi connectivity index (χ3v) is 4.01. The van der Waals surface area contributed by atoms with Crippen LogP contribution in [0.5, 0.6) is 0 Å². The van der Waals surface area contributed by atoms with Gasteiger partial charge in [0.25, 0.3) is 0 Å². The molecule has 136 valence electrons. The summed E-state index contributed by atoms with van der Waals surface area (Å²) in [5, 5.41) is 10.9.